The molecule has 26 heavy (non-hydrogen) atoms. The van der Waals surface area contributed by atoms with E-state index in [9.17, 15) is 13.2 Å². The maximum absolute atomic E-state index is 12.4. The molecule has 2 aromatic carbocycles. The molecule has 1 amide bonds. The number of carbonyl (C=O) groups excluding carboxylic acids is 1. The van der Waals surface area contributed by atoms with Gasteiger partial charge >= 0.3 is 0 Å². The number of carbonyl (C=O) groups is 1. The van der Waals surface area contributed by atoms with Crippen LogP contribution < -0.4 is 14.8 Å². The van der Waals surface area contributed by atoms with E-state index in [2.05, 4.69) is 10.0 Å². The minimum absolute atomic E-state index is 0.114. The van der Waals surface area contributed by atoms with E-state index in [1.807, 2.05) is 12.1 Å². The van der Waals surface area contributed by atoms with Gasteiger partial charge in [0.1, 0.15) is 5.75 Å². The Bertz CT molecular complexity index is 873. The number of anilines is 1. The van der Waals surface area contributed by atoms with Gasteiger partial charge in [0.05, 0.1) is 11.0 Å². The topological polar surface area (TPSA) is 84.5 Å². The average Bonchev–Trinajstić information content (AvgIpc) is 3.15. The summed E-state index contributed by atoms with van der Waals surface area (Å²) >= 11 is 0. The summed E-state index contributed by atoms with van der Waals surface area (Å²) in [7, 11) is -2.17. The fraction of sp³-hybridized carbons (Fsp3) is 0.316. The highest BCUT2D eigenvalue weighted by Gasteiger charge is 2.17. The predicted octanol–water partition coefficient (Wildman–Crippen LogP) is 3.17. The van der Waals surface area contributed by atoms with Gasteiger partial charge in [0, 0.05) is 17.3 Å². The van der Waals surface area contributed by atoms with Crippen molar-refractivity contribution in [1.29, 1.82) is 0 Å². The number of sulfonamides is 1. The quantitative estimate of drug-likeness (QED) is 0.813. The van der Waals surface area contributed by atoms with Crippen LogP contribution in [0.3, 0.4) is 0 Å². The number of hydrogen-bond acceptors (Lipinski definition) is 4. The summed E-state index contributed by atoms with van der Waals surface area (Å²) < 4.78 is 31.6. The molecule has 0 bridgehead atoms. The van der Waals surface area contributed by atoms with E-state index >= 15 is 0 Å². The molecule has 7 heteroatoms. The summed E-state index contributed by atoms with van der Waals surface area (Å²) in [5, 5.41) is 2.81. The first-order valence-electron chi connectivity index (χ1n) is 8.59. The van der Waals surface area contributed by atoms with Crippen LogP contribution in [0.1, 0.15) is 36.0 Å². The number of benzene rings is 2. The van der Waals surface area contributed by atoms with Crippen LogP contribution in [-0.2, 0) is 10.0 Å². The van der Waals surface area contributed by atoms with E-state index in [0.717, 1.165) is 18.6 Å². The van der Waals surface area contributed by atoms with E-state index in [4.69, 9.17) is 4.74 Å². The zero-order chi connectivity index (χ0) is 18.6. The molecule has 0 unspecified atom stereocenters. The van der Waals surface area contributed by atoms with Crippen molar-refractivity contribution in [3.8, 4) is 5.75 Å². The second kappa shape index (κ2) is 7.88. The Kier molecular flexibility index (Phi) is 5.58. The molecule has 0 spiro atoms. The molecule has 6 nitrogen and oxygen atoms in total. The first-order chi connectivity index (χ1) is 12.5. The minimum atomic E-state index is -3.52. The number of hydrogen-bond donors (Lipinski definition) is 2. The van der Waals surface area contributed by atoms with Gasteiger partial charge in [-0.15, -0.1) is 0 Å². The lowest BCUT2D eigenvalue weighted by Crippen LogP contribution is -2.19. The van der Waals surface area contributed by atoms with Crippen LogP contribution >= 0.6 is 0 Å². The van der Waals surface area contributed by atoms with Crippen molar-refractivity contribution in [1.82, 2.24) is 4.72 Å². The van der Waals surface area contributed by atoms with Crippen molar-refractivity contribution in [2.45, 2.75) is 36.7 Å². The highest BCUT2D eigenvalue weighted by Crippen LogP contribution is 2.26. The first kappa shape index (κ1) is 18.4. The fourth-order valence-electron chi connectivity index (χ4n) is 2.95. The van der Waals surface area contributed by atoms with E-state index in [1.54, 1.807) is 12.1 Å². The lowest BCUT2D eigenvalue weighted by molar-refractivity contribution is 0.102. The Morgan fingerprint density at radius 1 is 1.08 bits per heavy atom. The summed E-state index contributed by atoms with van der Waals surface area (Å²) in [6.45, 7) is 0. The monoisotopic (exact) mass is 374 g/mol. The van der Waals surface area contributed by atoms with Gasteiger partial charge in [-0.2, -0.15) is 0 Å². The van der Waals surface area contributed by atoms with Crippen molar-refractivity contribution < 1.29 is 17.9 Å². The molecule has 3 rings (SSSR count). The highest BCUT2D eigenvalue weighted by atomic mass is 32.2. The van der Waals surface area contributed by atoms with E-state index in [0.29, 0.717) is 11.3 Å². The Balaban J connectivity index is 1.67. The molecular formula is C19H22N2O4S. The van der Waals surface area contributed by atoms with Gasteiger partial charge in [-0.05, 0) is 69.1 Å². The highest BCUT2D eigenvalue weighted by molar-refractivity contribution is 7.89. The molecule has 2 N–H and O–H groups in total. The average molecular weight is 374 g/mol. The Morgan fingerprint density at radius 3 is 2.42 bits per heavy atom. The molecule has 0 radical (unpaired) electrons. The van der Waals surface area contributed by atoms with Crippen LogP contribution in [-0.4, -0.2) is 27.5 Å². The SMILES string of the molecule is CNS(=O)(=O)c1ccc(C(=O)Nc2cccc(OC3CCCC3)c2)cc1. The molecule has 0 aromatic heterocycles. The normalized spacial score (nSPS) is 15.0. The Labute approximate surface area is 153 Å². The molecule has 1 aliphatic carbocycles. The smallest absolute Gasteiger partial charge is 0.255 e. The zero-order valence-electron chi connectivity index (χ0n) is 14.6. The number of nitrogens with one attached hydrogen (secondary N) is 2. The van der Waals surface area contributed by atoms with Crippen LogP contribution in [0.2, 0.25) is 0 Å². The summed E-state index contributed by atoms with van der Waals surface area (Å²) in [5.41, 5.74) is 1.01. The molecule has 1 fully saturated rings. The Hall–Kier alpha value is -2.38. The molecule has 0 heterocycles. The third kappa shape index (κ3) is 4.42. The van der Waals surface area contributed by atoms with Gasteiger partial charge in [-0.25, -0.2) is 13.1 Å². The summed E-state index contributed by atoms with van der Waals surface area (Å²) in [4.78, 5) is 12.5. The van der Waals surface area contributed by atoms with E-state index < -0.39 is 10.0 Å². The standard InChI is InChI=1S/C19H22N2O4S/c1-20-26(23,24)18-11-9-14(10-12-18)19(22)21-15-5-4-8-17(13-15)25-16-6-2-3-7-16/h4-5,8-13,16,20H,2-3,6-7H2,1H3,(H,21,22). The van der Waals surface area contributed by atoms with Gasteiger partial charge in [0.2, 0.25) is 10.0 Å². The zero-order valence-corrected chi connectivity index (χ0v) is 15.4. The lowest BCUT2D eigenvalue weighted by Gasteiger charge is -2.14. The number of ether oxygens (including phenoxy) is 1. The maximum atomic E-state index is 12.4. The van der Waals surface area contributed by atoms with Crippen LogP contribution in [0.15, 0.2) is 53.4 Å². The van der Waals surface area contributed by atoms with Gasteiger partial charge in [0.15, 0.2) is 0 Å². The third-order valence-electron chi connectivity index (χ3n) is 4.39. The van der Waals surface area contributed by atoms with Crippen molar-refractivity contribution in [2.75, 3.05) is 12.4 Å². The van der Waals surface area contributed by atoms with Crippen molar-refractivity contribution >= 4 is 21.6 Å². The van der Waals surface area contributed by atoms with Crippen LogP contribution in [0, 0.1) is 0 Å². The summed E-state index contributed by atoms with van der Waals surface area (Å²) in [6.07, 6.45) is 4.78. The third-order valence-corrected chi connectivity index (χ3v) is 5.82. The van der Waals surface area contributed by atoms with E-state index in [1.165, 1.54) is 44.2 Å². The Morgan fingerprint density at radius 2 is 1.77 bits per heavy atom. The van der Waals surface area contributed by atoms with Crippen molar-refractivity contribution in [3.63, 3.8) is 0 Å². The fourth-order valence-corrected chi connectivity index (χ4v) is 3.68. The number of rotatable bonds is 6. The maximum Gasteiger partial charge on any atom is 0.255 e. The molecule has 0 saturated heterocycles. The summed E-state index contributed by atoms with van der Waals surface area (Å²) in [6, 6.07) is 13.1. The van der Waals surface area contributed by atoms with Gasteiger partial charge in [-0.3, -0.25) is 4.79 Å². The number of amides is 1. The molecular weight excluding hydrogens is 352 g/mol. The molecule has 2 aromatic rings. The molecule has 0 atom stereocenters. The van der Waals surface area contributed by atoms with E-state index in [-0.39, 0.29) is 16.9 Å². The molecule has 0 aliphatic heterocycles. The summed E-state index contributed by atoms with van der Waals surface area (Å²) in [5.74, 6) is 0.432. The van der Waals surface area contributed by atoms with Gasteiger partial charge in [0.25, 0.3) is 5.91 Å². The predicted molar refractivity (Wildman–Crippen MR) is 100.0 cm³/mol. The molecule has 138 valence electrons. The van der Waals surface area contributed by atoms with Crippen molar-refractivity contribution in [3.05, 3.63) is 54.1 Å². The second-order valence-electron chi connectivity index (χ2n) is 6.24. The van der Waals surface area contributed by atoms with Crippen molar-refractivity contribution in [2.24, 2.45) is 0 Å². The molecule has 1 saturated carbocycles. The van der Waals surface area contributed by atoms with Gasteiger partial charge < -0.3 is 10.1 Å². The first-order valence-corrected chi connectivity index (χ1v) is 10.1. The van der Waals surface area contributed by atoms with Crippen LogP contribution in [0.5, 0.6) is 5.75 Å². The minimum Gasteiger partial charge on any atom is -0.490 e. The van der Waals surface area contributed by atoms with Gasteiger partial charge in [-0.1, -0.05) is 6.07 Å². The lowest BCUT2D eigenvalue weighted by atomic mass is 10.2. The van der Waals surface area contributed by atoms with Crippen LogP contribution in [0.25, 0.3) is 0 Å². The largest absolute Gasteiger partial charge is 0.490 e. The second-order valence-corrected chi connectivity index (χ2v) is 8.12. The molecule has 1 aliphatic rings. The van der Waals surface area contributed by atoms with Crippen LogP contribution in [0.4, 0.5) is 5.69 Å².